The highest BCUT2D eigenvalue weighted by molar-refractivity contribution is 7.98. The molecule has 1 heterocycles. The van der Waals surface area contributed by atoms with Crippen molar-refractivity contribution in [2.24, 2.45) is 0 Å². The Kier molecular flexibility index (Phi) is 8.25. The van der Waals surface area contributed by atoms with Crippen LogP contribution in [0.25, 0.3) is 0 Å². The summed E-state index contributed by atoms with van der Waals surface area (Å²) in [4.78, 5) is 30.3. The monoisotopic (exact) mass is 485 g/mol. The first-order chi connectivity index (χ1) is 17.1. The highest BCUT2D eigenvalue weighted by atomic mass is 32.2. The molecule has 7 heteroatoms. The van der Waals surface area contributed by atoms with Crippen LogP contribution in [0.15, 0.2) is 108 Å². The van der Waals surface area contributed by atoms with Crippen LogP contribution in [0.4, 0.5) is 10.1 Å². The molecule has 35 heavy (non-hydrogen) atoms. The van der Waals surface area contributed by atoms with Gasteiger partial charge in [0.05, 0.1) is 16.9 Å². The predicted molar refractivity (Wildman–Crippen MR) is 137 cm³/mol. The minimum Gasteiger partial charge on any atom is -0.340 e. The van der Waals surface area contributed by atoms with Crippen LogP contribution in [0.2, 0.25) is 0 Å². The van der Waals surface area contributed by atoms with E-state index in [2.05, 4.69) is 27.8 Å². The second-order valence-electron chi connectivity index (χ2n) is 7.87. The van der Waals surface area contributed by atoms with Gasteiger partial charge in [0.1, 0.15) is 11.9 Å². The molecule has 0 unspecified atom stereocenters. The van der Waals surface area contributed by atoms with Gasteiger partial charge in [-0.1, -0.05) is 60.7 Å². The lowest BCUT2D eigenvalue weighted by atomic mass is 10.0. The van der Waals surface area contributed by atoms with E-state index in [4.69, 9.17) is 0 Å². The standard InChI is InChI=1S/C28H24FN3O2S/c29-23-13-11-22(12-14-23)27(33)32-25(17-20-7-3-1-4-8-20)28(34)31-24-15-16-26(30-18-24)35-19-21-9-5-2-6-10-21/h1-16,18,25H,17,19H2,(H,31,34)(H,32,33)/t25-/m0/s1. The number of aromatic nitrogens is 1. The Labute approximate surface area is 207 Å². The maximum atomic E-state index is 13.2. The van der Waals surface area contributed by atoms with E-state index in [1.165, 1.54) is 29.8 Å². The molecular weight excluding hydrogens is 461 g/mol. The number of nitrogens with zero attached hydrogens (tertiary/aromatic N) is 1. The maximum absolute atomic E-state index is 13.2. The van der Waals surface area contributed by atoms with Gasteiger partial charge in [0, 0.05) is 17.7 Å². The van der Waals surface area contributed by atoms with Gasteiger partial charge in [0.25, 0.3) is 5.91 Å². The van der Waals surface area contributed by atoms with Crippen LogP contribution in [0, 0.1) is 5.82 Å². The highest BCUT2D eigenvalue weighted by Crippen LogP contribution is 2.22. The molecule has 0 aliphatic heterocycles. The number of hydrogen-bond acceptors (Lipinski definition) is 4. The molecule has 0 saturated heterocycles. The van der Waals surface area contributed by atoms with Crippen LogP contribution in [0.5, 0.6) is 0 Å². The molecule has 0 fully saturated rings. The van der Waals surface area contributed by atoms with E-state index in [9.17, 15) is 14.0 Å². The van der Waals surface area contributed by atoms with Gasteiger partial charge in [-0.2, -0.15) is 0 Å². The Hall–Kier alpha value is -3.97. The fourth-order valence-electron chi connectivity index (χ4n) is 3.40. The Morgan fingerprint density at radius 3 is 2.11 bits per heavy atom. The number of carbonyl (C=O) groups is 2. The normalized spacial score (nSPS) is 11.5. The van der Waals surface area contributed by atoms with Gasteiger partial charge in [-0.3, -0.25) is 9.59 Å². The summed E-state index contributed by atoms with van der Waals surface area (Å²) in [6.45, 7) is 0. The molecule has 2 N–H and O–H groups in total. The molecule has 0 aliphatic rings. The summed E-state index contributed by atoms with van der Waals surface area (Å²) in [5.41, 5.74) is 2.92. The van der Waals surface area contributed by atoms with E-state index in [1.807, 2.05) is 54.6 Å². The summed E-state index contributed by atoms with van der Waals surface area (Å²) in [5, 5.41) is 6.46. The third-order valence-corrected chi connectivity index (χ3v) is 6.26. The number of nitrogens with one attached hydrogen (secondary N) is 2. The fraction of sp³-hybridized carbons (Fsp3) is 0.107. The summed E-state index contributed by atoms with van der Waals surface area (Å²) in [7, 11) is 0. The molecular formula is C28H24FN3O2S. The van der Waals surface area contributed by atoms with E-state index in [0.29, 0.717) is 12.1 Å². The fourth-order valence-corrected chi connectivity index (χ4v) is 4.20. The lowest BCUT2D eigenvalue weighted by Gasteiger charge is -2.19. The average molecular weight is 486 g/mol. The van der Waals surface area contributed by atoms with Crippen molar-refractivity contribution in [1.29, 1.82) is 0 Å². The second-order valence-corrected chi connectivity index (χ2v) is 8.87. The summed E-state index contributed by atoms with van der Waals surface area (Å²) < 4.78 is 13.2. The van der Waals surface area contributed by atoms with E-state index in [-0.39, 0.29) is 11.5 Å². The summed E-state index contributed by atoms with van der Waals surface area (Å²) >= 11 is 1.61. The van der Waals surface area contributed by atoms with Crippen molar-refractivity contribution in [3.05, 3.63) is 126 Å². The van der Waals surface area contributed by atoms with Gasteiger partial charge < -0.3 is 10.6 Å². The van der Waals surface area contributed by atoms with E-state index < -0.39 is 17.8 Å². The first-order valence-corrected chi connectivity index (χ1v) is 12.1. The molecule has 0 radical (unpaired) electrons. The molecule has 4 rings (SSSR count). The van der Waals surface area contributed by atoms with E-state index >= 15 is 0 Å². The van der Waals surface area contributed by atoms with Crippen LogP contribution < -0.4 is 10.6 Å². The number of amides is 2. The summed E-state index contributed by atoms with van der Waals surface area (Å²) in [6, 6.07) is 27.6. The number of hydrogen-bond donors (Lipinski definition) is 2. The van der Waals surface area contributed by atoms with Gasteiger partial charge in [0.15, 0.2) is 0 Å². The van der Waals surface area contributed by atoms with Gasteiger partial charge in [0.2, 0.25) is 5.91 Å². The molecule has 3 aromatic carbocycles. The molecule has 5 nitrogen and oxygen atoms in total. The smallest absolute Gasteiger partial charge is 0.251 e. The molecule has 0 saturated carbocycles. The van der Waals surface area contributed by atoms with Crippen LogP contribution in [-0.4, -0.2) is 22.8 Å². The number of pyridine rings is 1. The Balaban J connectivity index is 1.42. The predicted octanol–water partition coefficient (Wildman–Crippen LogP) is 5.49. The molecule has 1 aromatic heterocycles. The zero-order valence-corrected chi connectivity index (χ0v) is 19.7. The topological polar surface area (TPSA) is 71.1 Å². The van der Waals surface area contributed by atoms with Crippen LogP contribution in [-0.2, 0) is 17.0 Å². The maximum Gasteiger partial charge on any atom is 0.251 e. The third kappa shape index (κ3) is 7.25. The molecule has 4 aromatic rings. The minimum absolute atomic E-state index is 0.277. The zero-order valence-electron chi connectivity index (χ0n) is 18.9. The molecule has 0 spiro atoms. The number of halogens is 1. The van der Waals surface area contributed by atoms with Crippen molar-refractivity contribution < 1.29 is 14.0 Å². The van der Waals surface area contributed by atoms with E-state index in [1.54, 1.807) is 24.0 Å². The van der Waals surface area contributed by atoms with Crippen LogP contribution >= 0.6 is 11.8 Å². The molecule has 176 valence electrons. The Bertz CT molecular complexity index is 1250. The molecule has 2 amide bonds. The van der Waals surface area contributed by atoms with Crippen molar-refractivity contribution in [3.63, 3.8) is 0 Å². The Morgan fingerprint density at radius 1 is 0.829 bits per heavy atom. The number of anilines is 1. The highest BCUT2D eigenvalue weighted by Gasteiger charge is 2.22. The van der Waals surface area contributed by atoms with Crippen molar-refractivity contribution in [1.82, 2.24) is 10.3 Å². The van der Waals surface area contributed by atoms with Crippen molar-refractivity contribution in [3.8, 4) is 0 Å². The number of rotatable bonds is 9. The van der Waals surface area contributed by atoms with Gasteiger partial charge in [-0.25, -0.2) is 9.37 Å². The van der Waals surface area contributed by atoms with E-state index in [0.717, 1.165) is 16.3 Å². The molecule has 0 aliphatic carbocycles. The lowest BCUT2D eigenvalue weighted by Crippen LogP contribution is -2.45. The number of benzene rings is 3. The third-order valence-electron chi connectivity index (χ3n) is 5.24. The average Bonchev–Trinajstić information content (AvgIpc) is 2.89. The largest absolute Gasteiger partial charge is 0.340 e. The number of thioether (sulfide) groups is 1. The quantitative estimate of drug-likeness (QED) is 0.308. The van der Waals surface area contributed by atoms with Crippen LogP contribution in [0.3, 0.4) is 0 Å². The first kappa shape index (κ1) is 24.2. The SMILES string of the molecule is O=C(N[C@@H](Cc1ccccc1)C(=O)Nc1ccc(SCc2ccccc2)nc1)c1ccc(F)cc1. The lowest BCUT2D eigenvalue weighted by molar-refractivity contribution is -0.118. The molecule has 0 bridgehead atoms. The van der Waals surface area contributed by atoms with Gasteiger partial charge >= 0.3 is 0 Å². The van der Waals surface area contributed by atoms with Gasteiger partial charge in [-0.05, 0) is 47.5 Å². The van der Waals surface area contributed by atoms with Gasteiger partial charge in [-0.15, -0.1) is 11.8 Å². The summed E-state index contributed by atoms with van der Waals surface area (Å²) in [5.74, 6) is -0.450. The van der Waals surface area contributed by atoms with Crippen molar-refractivity contribution in [2.45, 2.75) is 23.2 Å². The van der Waals surface area contributed by atoms with Crippen LogP contribution in [0.1, 0.15) is 21.5 Å². The first-order valence-electron chi connectivity index (χ1n) is 11.1. The summed E-state index contributed by atoms with van der Waals surface area (Å²) in [6.07, 6.45) is 1.91. The minimum atomic E-state index is -0.831. The van der Waals surface area contributed by atoms with Crippen molar-refractivity contribution in [2.75, 3.05) is 5.32 Å². The number of carbonyl (C=O) groups excluding carboxylic acids is 2. The zero-order chi connectivity index (χ0) is 24.5. The Morgan fingerprint density at radius 2 is 1.49 bits per heavy atom. The second kappa shape index (κ2) is 11.9. The van der Waals surface area contributed by atoms with Crippen molar-refractivity contribution >= 4 is 29.3 Å². The molecule has 1 atom stereocenters.